The van der Waals surface area contributed by atoms with Crippen LogP contribution in [-0.4, -0.2) is 30.4 Å². The maximum absolute atomic E-state index is 9.14. The number of benzene rings is 1. The average Bonchev–Trinajstić information content (AvgIpc) is 3.00. The molecule has 0 unspecified atom stereocenters. The molecule has 23 heavy (non-hydrogen) atoms. The predicted molar refractivity (Wildman–Crippen MR) is 96.4 cm³/mol. The van der Waals surface area contributed by atoms with E-state index in [1.54, 1.807) is 0 Å². The van der Waals surface area contributed by atoms with Crippen LogP contribution in [0.25, 0.3) is 0 Å². The Kier molecular flexibility index (Phi) is 8.21. The van der Waals surface area contributed by atoms with Gasteiger partial charge in [0.25, 0.3) is 0 Å². The summed E-state index contributed by atoms with van der Waals surface area (Å²) in [6.45, 7) is 3.19. The molecule has 1 aromatic rings. The number of aliphatic hydroxyl groups excluding tert-OH is 1. The Morgan fingerprint density at radius 3 is 2.70 bits per heavy atom. The summed E-state index contributed by atoms with van der Waals surface area (Å²) in [6.07, 6.45) is 9.81. The molecule has 0 aromatic heterocycles. The van der Waals surface area contributed by atoms with Gasteiger partial charge >= 0.3 is 0 Å². The molecule has 0 aliphatic carbocycles. The first kappa shape index (κ1) is 18.6. The van der Waals surface area contributed by atoms with Crippen LogP contribution in [-0.2, 0) is 6.42 Å². The zero-order valence-corrected chi connectivity index (χ0v) is 14.9. The third-order valence-electron chi connectivity index (χ3n) is 4.53. The Morgan fingerprint density at radius 1 is 1.22 bits per heavy atom. The Hall–Kier alpha value is -0.770. The maximum Gasteiger partial charge on any atom is 0.121 e. The number of unbranched alkanes of at least 4 members (excludes halogenated alkanes) is 5. The summed E-state index contributed by atoms with van der Waals surface area (Å²) in [4.78, 5) is 0. The molecule has 0 radical (unpaired) electrons. The molecule has 3 nitrogen and oxygen atoms in total. The summed E-state index contributed by atoms with van der Waals surface area (Å²) >= 11 is 6.40. The quantitative estimate of drug-likeness (QED) is 0.623. The third-order valence-corrected chi connectivity index (χ3v) is 4.88. The average molecular weight is 340 g/mol. The molecular weight excluding hydrogens is 310 g/mol. The summed E-state index contributed by atoms with van der Waals surface area (Å²) in [5.74, 6) is 0.826. The van der Waals surface area contributed by atoms with Gasteiger partial charge in [0.2, 0.25) is 0 Å². The minimum atomic E-state index is 0.118. The second kappa shape index (κ2) is 10.2. The Balaban J connectivity index is 1.74. The van der Waals surface area contributed by atoms with Crippen LogP contribution in [0.15, 0.2) is 18.2 Å². The lowest BCUT2D eigenvalue weighted by atomic mass is 10.0. The Labute approximate surface area is 145 Å². The fourth-order valence-corrected chi connectivity index (χ4v) is 3.37. The summed E-state index contributed by atoms with van der Waals surface area (Å²) in [5, 5.41) is 13.2. The first-order valence-electron chi connectivity index (χ1n) is 9.02. The highest BCUT2D eigenvalue weighted by Gasteiger charge is 2.24. The topological polar surface area (TPSA) is 41.5 Å². The zero-order valence-electron chi connectivity index (χ0n) is 14.2. The third kappa shape index (κ3) is 6.33. The van der Waals surface area contributed by atoms with Gasteiger partial charge in [-0.25, -0.2) is 0 Å². The van der Waals surface area contributed by atoms with E-state index >= 15 is 0 Å². The molecule has 1 heterocycles. The molecule has 2 N–H and O–H groups in total. The van der Waals surface area contributed by atoms with E-state index in [2.05, 4.69) is 18.3 Å². The minimum absolute atomic E-state index is 0.118. The van der Waals surface area contributed by atoms with Crippen LogP contribution in [0.4, 0.5) is 0 Å². The smallest absolute Gasteiger partial charge is 0.121 e. The van der Waals surface area contributed by atoms with Crippen LogP contribution in [0.3, 0.4) is 0 Å². The molecule has 0 amide bonds. The molecule has 1 aliphatic rings. The van der Waals surface area contributed by atoms with Crippen molar-refractivity contribution in [2.24, 2.45) is 0 Å². The van der Waals surface area contributed by atoms with E-state index < -0.39 is 0 Å². The number of ether oxygens (including phenoxy) is 1. The summed E-state index contributed by atoms with van der Waals surface area (Å²) in [5.41, 5.74) is 1.22. The number of aryl methyl sites for hydroxylation is 1. The number of hydrogen-bond acceptors (Lipinski definition) is 3. The molecule has 0 bridgehead atoms. The number of hydrogen-bond donors (Lipinski definition) is 2. The lowest BCUT2D eigenvalue weighted by molar-refractivity contribution is 0.206. The van der Waals surface area contributed by atoms with E-state index in [1.807, 2.05) is 12.1 Å². The second-order valence-corrected chi connectivity index (χ2v) is 6.94. The van der Waals surface area contributed by atoms with Gasteiger partial charge in [-0.2, -0.15) is 0 Å². The van der Waals surface area contributed by atoms with Gasteiger partial charge < -0.3 is 15.2 Å². The molecule has 4 heteroatoms. The van der Waals surface area contributed by atoms with Crippen molar-refractivity contribution >= 4 is 11.6 Å². The second-order valence-electron chi connectivity index (χ2n) is 6.53. The molecule has 1 aromatic carbocycles. The van der Waals surface area contributed by atoms with E-state index in [0.29, 0.717) is 0 Å². The van der Waals surface area contributed by atoms with Crippen molar-refractivity contribution in [3.8, 4) is 5.75 Å². The van der Waals surface area contributed by atoms with Gasteiger partial charge in [-0.15, -0.1) is 0 Å². The lowest BCUT2D eigenvalue weighted by Crippen LogP contribution is -2.25. The predicted octanol–water partition coefficient (Wildman–Crippen LogP) is 4.34. The van der Waals surface area contributed by atoms with Crippen LogP contribution < -0.4 is 10.1 Å². The van der Waals surface area contributed by atoms with E-state index in [-0.39, 0.29) is 18.8 Å². The highest BCUT2D eigenvalue weighted by Crippen LogP contribution is 2.26. The molecular formula is C19H30ClNO2. The maximum atomic E-state index is 9.14. The van der Waals surface area contributed by atoms with Crippen molar-refractivity contribution in [2.75, 3.05) is 13.2 Å². The van der Waals surface area contributed by atoms with Gasteiger partial charge in [0, 0.05) is 24.0 Å². The van der Waals surface area contributed by atoms with Crippen molar-refractivity contribution < 1.29 is 9.84 Å². The number of halogens is 1. The Morgan fingerprint density at radius 2 is 2.00 bits per heavy atom. The SMILES string of the molecule is CCCCCCCCc1ccc(O[C@H]2CN[C@H](CO)C2)cc1Cl. The highest BCUT2D eigenvalue weighted by atomic mass is 35.5. The summed E-state index contributed by atoms with van der Waals surface area (Å²) in [6, 6.07) is 6.20. The minimum Gasteiger partial charge on any atom is -0.489 e. The molecule has 2 atom stereocenters. The largest absolute Gasteiger partial charge is 0.489 e. The number of nitrogens with one attached hydrogen (secondary N) is 1. The molecule has 1 saturated heterocycles. The lowest BCUT2D eigenvalue weighted by Gasteiger charge is -2.14. The highest BCUT2D eigenvalue weighted by molar-refractivity contribution is 6.31. The van der Waals surface area contributed by atoms with Gasteiger partial charge in [0.05, 0.1) is 6.61 Å². The van der Waals surface area contributed by atoms with Crippen LogP contribution in [0.5, 0.6) is 5.75 Å². The summed E-state index contributed by atoms with van der Waals surface area (Å²) < 4.78 is 5.96. The standard InChI is InChI=1S/C19H30ClNO2/c1-2-3-4-5-6-7-8-15-9-10-17(12-19(15)20)23-18-11-16(14-22)21-13-18/h9-10,12,16,18,21-22H,2-8,11,13-14H2,1H3/t16-,18+/m0/s1. The zero-order chi connectivity index (χ0) is 16.5. The first-order valence-corrected chi connectivity index (χ1v) is 9.40. The van der Waals surface area contributed by atoms with E-state index in [4.69, 9.17) is 21.4 Å². The Bertz CT molecular complexity index is 467. The van der Waals surface area contributed by atoms with Crippen molar-refractivity contribution in [1.29, 1.82) is 0 Å². The van der Waals surface area contributed by atoms with E-state index in [0.717, 1.165) is 30.2 Å². The van der Waals surface area contributed by atoms with E-state index in [9.17, 15) is 0 Å². The van der Waals surface area contributed by atoms with Crippen LogP contribution in [0.2, 0.25) is 5.02 Å². The van der Waals surface area contributed by atoms with Gasteiger partial charge in [-0.1, -0.05) is 56.7 Å². The first-order chi connectivity index (χ1) is 11.2. The van der Waals surface area contributed by atoms with Crippen LogP contribution in [0, 0.1) is 0 Å². The van der Waals surface area contributed by atoms with E-state index in [1.165, 1.54) is 44.1 Å². The van der Waals surface area contributed by atoms with Crippen molar-refractivity contribution in [2.45, 2.75) is 70.4 Å². The molecule has 2 rings (SSSR count). The van der Waals surface area contributed by atoms with Crippen LogP contribution >= 0.6 is 11.6 Å². The molecule has 130 valence electrons. The fourth-order valence-electron chi connectivity index (χ4n) is 3.10. The normalized spacial score (nSPS) is 20.8. The van der Waals surface area contributed by atoms with Gasteiger partial charge in [0.1, 0.15) is 11.9 Å². The summed E-state index contributed by atoms with van der Waals surface area (Å²) in [7, 11) is 0. The van der Waals surface area contributed by atoms with Crippen molar-refractivity contribution in [3.63, 3.8) is 0 Å². The molecule has 1 fully saturated rings. The molecule has 0 spiro atoms. The number of rotatable bonds is 10. The fraction of sp³-hybridized carbons (Fsp3) is 0.684. The number of aliphatic hydroxyl groups is 1. The molecule has 1 aliphatic heterocycles. The van der Waals surface area contributed by atoms with Gasteiger partial charge in [-0.05, 0) is 30.5 Å². The molecule has 0 saturated carbocycles. The van der Waals surface area contributed by atoms with Gasteiger partial charge in [-0.3, -0.25) is 0 Å². The van der Waals surface area contributed by atoms with Crippen molar-refractivity contribution in [1.82, 2.24) is 5.32 Å². The monoisotopic (exact) mass is 339 g/mol. The van der Waals surface area contributed by atoms with Crippen LogP contribution in [0.1, 0.15) is 57.4 Å². The van der Waals surface area contributed by atoms with Crippen molar-refractivity contribution in [3.05, 3.63) is 28.8 Å². The van der Waals surface area contributed by atoms with Gasteiger partial charge in [0.15, 0.2) is 0 Å².